The fraction of sp³-hybridized carbons (Fsp3) is 0.733. The van der Waals surface area contributed by atoms with E-state index in [-0.39, 0.29) is 0 Å². The highest BCUT2D eigenvalue weighted by molar-refractivity contribution is 4.93. The van der Waals surface area contributed by atoms with Gasteiger partial charge in [0.05, 0.1) is 0 Å². The van der Waals surface area contributed by atoms with Gasteiger partial charge in [-0.05, 0) is 31.1 Å². The Morgan fingerprint density at radius 3 is 2.00 bits per heavy atom. The summed E-state index contributed by atoms with van der Waals surface area (Å²) in [7, 11) is 0. The Hall–Kier alpha value is -0.520. The van der Waals surface area contributed by atoms with Crippen molar-refractivity contribution >= 4 is 0 Å². The minimum absolute atomic E-state index is 0.474. The van der Waals surface area contributed by atoms with Crippen LogP contribution < -0.4 is 0 Å². The van der Waals surface area contributed by atoms with Crippen molar-refractivity contribution in [3.63, 3.8) is 0 Å². The molecule has 0 heteroatoms. The fourth-order valence-corrected chi connectivity index (χ4v) is 1.35. The topological polar surface area (TPSA) is 0 Å². The zero-order valence-electron chi connectivity index (χ0n) is 11.1. The molecule has 0 rings (SSSR count). The Bertz CT molecular complexity index is 179. The van der Waals surface area contributed by atoms with Gasteiger partial charge in [0.25, 0.3) is 0 Å². The molecule has 0 N–H and O–H groups in total. The summed E-state index contributed by atoms with van der Waals surface area (Å²) in [6, 6.07) is 0. The molecule has 0 saturated heterocycles. The monoisotopic (exact) mass is 208 g/mol. The van der Waals surface area contributed by atoms with E-state index in [0.717, 1.165) is 6.42 Å². The first kappa shape index (κ1) is 14.5. The molecule has 0 bridgehead atoms. The van der Waals surface area contributed by atoms with Gasteiger partial charge >= 0.3 is 0 Å². The van der Waals surface area contributed by atoms with E-state index in [1.165, 1.54) is 32.1 Å². The molecule has 0 aliphatic rings. The molecule has 0 heterocycles. The lowest BCUT2D eigenvalue weighted by Crippen LogP contribution is -2.02. The molecule has 0 aromatic carbocycles. The molecule has 15 heavy (non-hydrogen) atoms. The molecule has 0 fully saturated rings. The van der Waals surface area contributed by atoms with Crippen molar-refractivity contribution in [2.75, 3.05) is 0 Å². The number of unbranched alkanes of at least 4 members (excludes halogenated alkanes) is 2. The van der Waals surface area contributed by atoms with Gasteiger partial charge in [-0.3, -0.25) is 0 Å². The first-order valence-electron chi connectivity index (χ1n) is 6.36. The van der Waals surface area contributed by atoms with Crippen molar-refractivity contribution in [2.45, 2.75) is 66.2 Å². The quantitative estimate of drug-likeness (QED) is 0.382. The second-order valence-corrected chi connectivity index (χ2v) is 5.42. The number of hydrogen-bond acceptors (Lipinski definition) is 0. The third kappa shape index (κ3) is 13.5. The van der Waals surface area contributed by atoms with Crippen molar-refractivity contribution < 1.29 is 0 Å². The Morgan fingerprint density at radius 1 is 0.867 bits per heavy atom. The fourth-order valence-electron chi connectivity index (χ4n) is 1.35. The first-order chi connectivity index (χ1) is 7.06. The van der Waals surface area contributed by atoms with Crippen LogP contribution in [-0.2, 0) is 0 Å². The standard InChI is InChI=1S/C15H28/c1-5-6-7-8-9-10-11-12-13-14-15(2,3)4/h8-9,11-12H,5-7,10,13-14H2,1-4H3/b9-8-,12-11-. The summed E-state index contributed by atoms with van der Waals surface area (Å²) < 4.78 is 0. The molecule has 88 valence electrons. The maximum Gasteiger partial charge on any atom is -0.0169 e. The molecular weight excluding hydrogens is 180 g/mol. The van der Waals surface area contributed by atoms with Gasteiger partial charge in [-0.25, -0.2) is 0 Å². The van der Waals surface area contributed by atoms with Gasteiger partial charge in [0.2, 0.25) is 0 Å². The van der Waals surface area contributed by atoms with Gasteiger partial charge in [0.15, 0.2) is 0 Å². The van der Waals surface area contributed by atoms with E-state index in [1.807, 2.05) is 0 Å². The number of hydrogen-bond donors (Lipinski definition) is 0. The maximum absolute atomic E-state index is 2.31. The van der Waals surface area contributed by atoms with E-state index in [0.29, 0.717) is 5.41 Å². The van der Waals surface area contributed by atoms with E-state index >= 15 is 0 Å². The van der Waals surface area contributed by atoms with Crippen LogP contribution in [0, 0.1) is 5.41 Å². The average Bonchev–Trinajstić information content (AvgIpc) is 2.14. The molecule has 0 spiro atoms. The van der Waals surface area contributed by atoms with Gasteiger partial charge < -0.3 is 0 Å². The second kappa shape index (κ2) is 8.76. The van der Waals surface area contributed by atoms with E-state index in [2.05, 4.69) is 52.0 Å². The van der Waals surface area contributed by atoms with Crippen molar-refractivity contribution in [1.29, 1.82) is 0 Å². The van der Waals surface area contributed by atoms with E-state index < -0.39 is 0 Å². The Kier molecular flexibility index (Phi) is 8.46. The van der Waals surface area contributed by atoms with Crippen molar-refractivity contribution in [3.05, 3.63) is 24.3 Å². The van der Waals surface area contributed by atoms with Crippen LogP contribution >= 0.6 is 0 Å². The highest BCUT2D eigenvalue weighted by atomic mass is 14.1. The molecule has 0 aliphatic carbocycles. The number of rotatable bonds is 7. The second-order valence-electron chi connectivity index (χ2n) is 5.42. The lowest BCUT2D eigenvalue weighted by Gasteiger charge is -2.15. The molecule has 0 nitrogen and oxygen atoms in total. The largest absolute Gasteiger partial charge is 0.0882 e. The van der Waals surface area contributed by atoms with Crippen LogP contribution in [0.5, 0.6) is 0 Å². The van der Waals surface area contributed by atoms with Gasteiger partial charge in [0, 0.05) is 0 Å². The molecule has 0 radical (unpaired) electrons. The van der Waals surface area contributed by atoms with Gasteiger partial charge in [-0.15, -0.1) is 0 Å². The van der Waals surface area contributed by atoms with Gasteiger partial charge in [-0.2, -0.15) is 0 Å². The van der Waals surface area contributed by atoms with E-state index in [1.54, 1.807) is 0 Å². The van der Waals surface area contributed by atoms with Crippen molar-refractivity contribution in [2.24, 2.45) is 5.41 Å². The molecule has 0 aliphatic heterocycles. The highest BCUT2D eigenvalue weighted by Gasteiger charge is 2.07. The summed E-state index contributed by atoms with van der Waals surface area (Å²) in [6.45, 7) is 9.13. The van der Waals surface area contributed by atoms with Crippen LogP contribution in [-0.4, -0.2) is 0 Å². The van der Waals surface area contributed by atoms with Crippen molar-refractivity contribution in [1.82, 2.24) is 0 Å². The molecule has 0 atom stereocenters. The van der Waals surface area contributed by atoms with Gasteiger partial charge in [0.1, 0.15) is 0 Å². The zero-order valence-corrected chi connectivity index (χ0v) is 11.1. The van der Waals surface area contributed by atoms with Crippen LogP contribution in [0.15, 0.2) is 24.3 Å². The third-order valence-corrected chi connectivity index (χ3v) is 2.39. The van der Waals surface area contributed by atoms with E-state index in [4.69, 9.17) is 0 Å². The highest BCUT2D eigenvalue weighted by Crippen LogP contribution is 2.20. The minimum atomic E-state index is 0.474. The summed E-state index contributed by atoms with van der Waals surface area (Å²) in [5.74, 6) is 0. The smallest absolute Gasteiger partial charge is 0.0169 e. The molecule has 0 amide bonds. The first-order valence-corrected chi connectivity index (χ1v) is 6.36. The predicted molar refractivity (Wildman–Crippen MR) is 71.1 cm³/mol. The molecule has 0 saturated carbocycles. The lowest BCUT2D eigenvalue weighted by molar-refractivity contribution is 0.381. The van der Waals surface area contributed by atoms with Crippen LogP contribution in [0.4, 0.5) is 0 Å². The summed E-state index contributed by atoms with van der Waals surface area (Å²) in [5, 5.41) is 0. The van der Waals surface area contributed by atoms with E-state index in [9.17, 15) is 0 Å². The molecule has 0 aromatic heterocycles. The summed E-state index contributed by atoms with van der Waals surface area (Å²) in [5.41, 5.74) is 0.474. The van der Waals surface area contributed by atoms with Crippen LogP contribution in [0.1, 0.15) is 66.2 Å². The van der Waals surface area contributed by atoms with Crippen LogP contribution in [0.25, 0.3) is 0 Å². The summed E-state index contributed by atoms with van der Waals surface area (Å²) >= 11 is 0. The summed E-state index contributed by atoms with van der Waals surface area (Å²) in [4.78, 5) is 0. The Labute approximate surface area is 96.5 Å². The molecule has 0 aromatic rings. The average molecular weight is 208 g/mol. The Morgan fingerprint density at radius 2 is 1.47 bits per heavy atom. The lowest BCUT2D eigenvalue weighted by atomic mass is 9.90. The third-order valence-electron chi connectivity index (χ3n) is 2.39. The molecule has 0 unspecified atom stereocenters. The normalized spacial score (nSPS) is 13.1. The van der Waals surface area contributed by atoms with Crippen LogP contribution in [0.3, 0.4) is 0 Å². The summed E-state index contributed by atoms with van der Waals surface area (Å²) in [6.07, 6.45) is 16.6. The predicted octanol–water partition coefficient (Wildman–Crippen LogP) is 5.51. The zero-order chi connectivity index (χ0) is 11.6. The Balaban J connectivity index is 3.35. The minimum Gasteiger partial charge on any atom is -0.0882 e. The maximum atomic E-state index is 2.31. The molecular formula is C15H28. The number of allylic oxidation sites excluding steroid dienone is 4. The van der Waals surface area contributed by atoms with Crippen LogP contribution in [0.2, 0.25) is 0 Å². The SMILES string of the molecule is CCCC/C=C\C/C=C\CCC(C)(C)C. The van der Waals surface area contributed by atoms with Gasteiger partial charge in [-0.1, -0.05) is 64.8 Å². The van der Waals surface area contributed by atoms with Crippen molar-refractivity contribution in [3.8, 4) is 0 Å².